The van der Waals surface area contributed by atoms with Gasteiger partial charge in [0.2, 0.25) is 0 Å². The molecule has 5 unspecified atom stereocenters. The van der Waals surface area contributed by atoms with Gasteiger partial charge in [0.25, 0.3) is 0 Å². The maximum absolute atomic E-state index is 10.9. The van der Waals surface area contributed by atoms with Crippen molar-refractivity contribution >= 4 is 113 Å². The van der Waals surface area contributed by atoms with E-state index in [9.17, 15) is 13.5 Å². The molecule has 0 bridgehead atoms. The van der Waals surface area contributed by atoms with Crippen molar-refractivity contribution in [3.8, 4) is 5.75 Å². The Bertz CT molecular complexity index is 769. The Labute approximate surface area is 240 Å². The molecule has 2 radical (unpaired) electrons. The summed E-state index contributed by atoms with van der Waals surface area (Å²) in [6, 6.07) is 5.34. The van der Waals surface area contributed by atoms with Crippen molar-refractivity contribution in [3.63, 3.8) is 0 Å². The van der Waals surface area contributed by atoms with Gasteiger partial charge in [-0.1, -0.05) is 13.0 Å². The fourth-order valence-electron chi connectivity index (χ4n) is 5.70. The monoisotopic (exact) mass is 430 g/mol. The van der Waals surface area contributed by atoms with Gasteiger partial charge in [0.15, 0.2) is 0 Å². The van der Waals surface area contributed by atoms with Crippen molar-refractivity contribution in [1.29, 1.82) is 0 Å². The molecule has 0 aliphatic heterocycles. The molecule has 2 fully saturated rings. The zero-order chi connectivity index (χ0) is 17.1. The Morgan fingerprint density at radius 3 is 2.58 bits per heavy atom. The fraction of sp³-hybridized carbons (Fsp3) is 0.667. The molecule has 4 rings (SSSR count). The van der Waals surface area contributed by atoms with Crippen molar-refractivity contribution in [3.05, 3.63) is 29.3 Å². The van der Waals surface area contributed by atoms with Crippen molar-refractivity contribution in [1.82, 2.24) is 0 Å². The number of aryl methyl sites for hydroxylation is 1. The van der Waals surface area contributed by atoms with Crippen LogP contribution in [0.5, 0.6) is 5.75 Å². The van der Waals surface area contributed by atoms with Crippen molar-refractivity contribution < 1.29 is 22.3 Å². The number of hydrogen-bond donors (Lipinski definition) is 2. The quantitative estimate of drug-likeness (QED) is 0.556. The van der Waals surface area contributed by atoms with Gasteiger partial charge in [-0.2, -0.15) is 8.42 Å². The third-order valence-corrected chi connectivity index (χ3v) is 7.25. The molecular weight excluding hydrogens is 406 g/mol. The van der Waals surface area contributed by atoms with Gasteiger partial charge >= 0.3 is 10.4 Å². The van der Waals surface area contributed by atoms with Crippen LogP contribution in [-0.4, -0.2) is 127 Å². The van der Waals surface area contributed by atoms with Crippen LogP contribution in [0.15, 0.2) is 18.2 Å². The van der Waals surface area contributed by atoms with Gasteiger partial charge in [-0.15, -0.1) is 0 Å². The Morgan fingerprint density at radius 2 is 1.88 bits per heavy atom. The van der Waals surface area contributed by atoms with Crippen LogP contribution in [-0.2, 0) is 16.8 Å². The molecule has 3 aliphatic rings. The van der Waals surface area contributed by atoms with Crippen LogP contribution in [0, 0.1) is 17.3 Å². The van der Waals surface area contributed by atoms with Gasteiger partial charge in [-0.3, -0.25) is 4.55 Å². The number of hydrogen-bond acceptors (Lipinski definition) is 4. The van der Waals surface area contributed by atoms with Gasteiger partial charge in [0.1, 0.15) is 5.75 Å². The zero-order valence-corrected chi connectivity index (χ0v) is 22.9. The second-order valence-corrected chi connectivity index (χ2v) is 8.95. The average Bonchev–Trinajstić information content (AvgIpc) is 2.81. The van der Waals surface area contributed by atoms with Gasteiger partial charge < -0.3 is 9.29 Å². The summed E-state index contributed by atoms with van der Waals surface area (Å²) in [5.74, 6) is 1.83. The molecule has 26 heavy (non-hydrogen) atoms. The maximum Gasteiger partial charge on any atom is 0.446 e. The predicted molar refractivity (Wildman–Crippen MR) is 101 cm³/mol. The number of aliphatic hydroxyl groups is 1. The number of aliphatic hydroxyl groups excluding tert-OH is 1. The molecule has 2 saturated carbocycles. The maximum atomic E-state index is 10.9. The minimum Gasteiger partial charge on any atom is -0.393 e. The molecule has 5 nitrogen and oxygen atoms in total. The molecule has 1 aromatic carbocycles. The standard InChI is InChI=1S/C18H24O5S.2K/c1-18-9-8-14-13-5-3-12(23-24(20,21)22)10-11(13)2-4-15(14)16(18)6-7-17(18)19;;/h3,5,10,14-17,19H,2,4,6-9H2,1H3,(H,20,21,22);;. The summed E-state index contributed by atoms with van der Waals surface area (Å²) >= 11 is 0. The topological polar surface area (TPSA) is 83.8 Å². The molecule has 8 heteroatoms. The van der Waals surface area contributed by atoms with E-state index in [1.54, 1.807) is 12.1 Å². The van der Waals surface area contributed by atoms with Gasteiger partial charge in [0.05, 0.1) is 6.10 Å². The van der Waals surface area contributed by atoms with E-state index in [0.29, 0.717) is 17.8 Å². The Balaban J connectivity index is 0.00000121. The summed E-state index contributed by atoms with van der Waals surface area (Å²) in [6.07, 6.45) is 5.93. The molecule has 134 valence electrons. The fourth-order valence-corrected chi connectivity index (χ4v) is 6.05. The smallest absolute Gasteiger partial charge is 0.393 e. The largest absolute Gasteiger partial charge is 0.446 e. The van der Waals surface area contributed by atoms with Crippen molar-refractivity contribution in [2.45, 2.75) is 57.5 Å². The van der Waals surface area contributed by atoms with E-state index >= 15 is 0 Å². The van der Waals surface area contributed by atoms with Crippen LogP contribution < -0.4 is 4.18 Å². The van der Waals surface area contributed by atoms with Crippen LogP contribution in [0.25, 0.3) is 0 Å². The molecule has 0 amide bonds. The minimum atomic E-state index is -4.48. The SMILES string of the molecule is CC12CCC3c4ccc(OS(=O)(=O)O)cc4CCC3C1CCC2O.[K].[K]. The average molecular weight is 431 g/mol. The van der Waals surface area contributed by atoms with E-state index in [1.807, 2.05) is 6.07 Å². The predicted octanol–water partition coefficient (Wildman–Crippen LogP) is 2.32. The molecule has 0 aromatic heterocycles. The summed E-state index contributed by atoms with van der Waals surface area (Å²) in [5, 5.41) is 10.4. The first-order chi connectivity index (χ1) is 11.3. The second kappa shape index (κ2) is 9.12. The molecule has 0 spiro atoms. The van der Waals surface area contributed by atoms with Crippen LogP contribution >= 0.6 is 0 Å². The van der Waals surface area contributed by atoms with Crippen molar-refractivity contribution in [2.24, 2.45) is 17.3 Å². The summed E-state index contributed by atoms with van der Waals surface area (Å²) in [7, 11) is -4.48. The third-order valence-electron chi connectivity index (χ3n) is 6.85. The van der Waals surface area contributed by atoms with E-state index in [1.165, 1.54) is 5.56 Å². The summed E-state index contributed by atoms with van der Waals surface area (Å²) < 4.78 is 35.2. The number of rotatable bonds is 2. The van der Waals surface area contributed by atoms with Crippen LogP contribution in [0.3, 0.4) is 0 Å². The molecule has 2 N–H and O–H groups in total. The number of fused-ring (bicyclic) bond motifs is 5. The molecule has 1 aromatic rings. The van der Waals surface area contributed by atoms with Crippen LogP contribution in [0.2, 0.25) is 0 Å². The first kappa shape index (κ1) is 24.4. The second-order valence-electron chi connectivity index (χ2n) is 7.92. The molecule has 0 heterocycles. The van der Waals surface area contributed by atoms with Crippen LogP contribution in [0.1, 0.15) is 56.1 Å². The van der Waals surface area contributed by atoms with Crippen LogP contribution in [0.4, 0.5) is 0 Å². The summed E-state index contributed by atoms with van der Waals surface area (Å²) in [6.45, 7) is 2.25. The van der Waals surface area contributed by atoms with E-state index < -0.39 is 10.4 Å². The minimum absolute atomic E-state index is 0. The Kier molecular flexibility index (Phi) is 8.57. The summed E-state index contributed by atoms with van der Waals surface area (Å²) in [4.78, 5) is 0. The molecule has 0 saturated heterocycles. The van der Waals surface area contributed by atoms with Gasteiger partial charge in [-0.05, 0) is 85.0 Å². The zero-order valence-electron chi connectivity index (χ0n) is 15.8. The van der Waals surface area contributed by atoms with E-state index in [4.69, 9.17) is 4.55 Å². The number of benzene rings is 1. The Hall–Kier alpha value is 2.16. The molecule has 3 aliphatic carbocycles. The molecular formula is C18H24K2O5S. The first-order valence-electron chi connectivity index (χ1n) is 8.76. The van der Waals surface area contributed by atoms with E-state index in [0.717, 1.165) is 44.1 Å². The van der Waals surface area contributed by atoms with Gasteiger partial charge in [-0.25, -0.2) is 0 Å². The third kappa shape index (κ3) is 4.58. The first-order valence-corrected chi connectivity index (χ1v) is 10.1. The molecule has 5 atom stereocenters. The van der Waals surface area contributed by atoms with Gasteiger partial charge in [0, 0.05) is 103 Å². The van der Waals surface area contributed by atoms with E-state index in [-0.39, 0.29) is 120 Å². The van der Waals surface area contributed by atoms with Crippen molar-refractivity contribution in [2.75, 3.05) is 0 Å². The normalized spacial score (nSPS) is 35.2. The summed E-state index contributed by atoms with van der Waals surface area (Å²) in [5.41, 5.74) is 2.48. The Morgan fingerprint density at radius 1 is 1.15 bits per heavy atom. The van der Waals surface area contributed by atoms with E-state index in [2.05, 4.69) is 11.1 Å².